The third kappa shape index (κ3) is 2.84. The third-order valence-electron chi connectivity index (χ3n) is 2.71. The number of carboxylic acid groups (broad SMARTS) is 1. The molecule has 0 bridgehead atoms. The lowest BCUT2D eigenvalue weighted by Gasteiger charge is -2.35. The number of rotatable bonds is 1. The van der Waals surface area contributed by atoms with Crippen LogP contribution in [0.15, 0.2) is 24.3 Å². The smallest absolute Gasteiger partial charge is 0.415 e. The SMILES string of the molecule is CC(C)(C)OC(=O)N1c2ccccc2OC[C@H]1C(=O)O. The van der Waals surface area contributed by atoms with Crippen molar-refractivity contribution in [3.63, 3.8) is 0 Å². The second kappa shape index (κ2) is 5.03. The first-order valence-corrected chi connectivity index (χ1v) is 6.26. The van der Waals surface area contributed by atoms with Crippen LogP contribution < -0.4 is 9.64 Å². The summed E-state index contributed by atoms with van der Waals surface area (Å²) in [5, 5.41) is 9.25. The van der Waals surface area contributed by atoms with Gasteiger partial charge in [-0.3, -0.25) is 4.90 Å². The molecule has 1 aromatic carbocycles. The highest BCUT2D eigenvalue weighted by atomic mass is 16.6. The molecule has 0 saturated heterocycles. The van der Waals surface area contributed by atoms with Crippen LogP contribution in [0, 0.1) is 0 Å². The Hall–Kier alpha value is -2.24. The molecule has 108 valence electrons. The Morgan fingerprint density at radius 2 is 2.00 bits per heavy atom. The molecular formula is C14H17NO5. The summed E-state index contributed by atoms with van der Waals surface area (Å²) < 4.78 is 10.7. The van der Waals surface area contributed by atoms with Crippen molar-refractivity contribution in [3.05, 3.63) is 24.3 Å². The van der Waals surface area contributed by atoms with Gasteiger partial charge in [0.05, 0.1) is 5.69 Å². The van der Waals surface area contributed by atoms with Crippen LogP contribution >= 0.6 is 0 Å². The molecule has 20 heavy (non-hydrogen) atoms. The number of fused-ring (bicyclic) bond motifs is 1. The molecule has 1 aliphatic rings. The molecule has 1 N–H and O–H groups in total. The Bertz CT molecular complexity index is 535. The van der Waals surface area contributed by atoms with E-state index in [0.717, 1.165) is 4.90 Å². The van der Waals surface area contributed by atoms with E-state index >= 15 is 0 Å². The first kappa shape index (κ1) is 14.2. The molecule has 0 unspecified atom stereocenters. The van der Waals surface area contributed by atoms with Gasteiger partial charge in [0, 0.05) is 0 Å². The van der Waals surface area contributed by atoms with E-state index in [1.807, 2.05) is 0 Å². The maximum Gasteiger partial charge on any atom is 0.415 e. The summed E-state index contributed by atoms with van der Waals surface area (Å²) >= 11 is 0. The molecule has 0 fully saturated rings. The molecule has 0 saturated carbocycles. The van der Waals surface area contributed by atoms with E-state index in [2.05, 4.69) is 0 Å². The van der Waals surface area contributed by atoms with Gasteiger partial charge in [-0.1, -0.05) is 12.1 Å². The van der Waals surface area contributed by atoms with E-state index in [9.17, 15) is 14.7 Å². The predicted octanol–water partition coefficient (Wildman–Crippen LogP) is 2.27. The van der Waals surface area contributed by atoms with E-state index in [0.29, 0.717) is 11.4 Å². The maximum absolute atomic E-state index is 12.3. The van der Waals surface area contributed by atoms with Crippen LogP contribution in [0.2, 0.25) is 0 Å². The Morgan fingerprint density at radius 1 is 1.35 bits per heavy atom. The van der Waals surface area contributed by atoms with Crippen LogP contribution in [0.4, 0.5) is 10.5 Å². The number of carbonyl (C=O) groups is 2. The number of carboxylic acids is 1. The van der Waals surface area contributed by atoms with Gasteiger partial charge < -0.3 is 14.6 Å². The van der Waals surface area contributed by atoms with E-state index in [-0.39, 0.29) is 6.61 Å². The van der Waals surface area contributed by atoms with Crippen molar-refractivity contribution in [2.24, 2.45) is 0 Å². The minimum Gasteiger partial charge on any atom is -0.489 e. The normalized spacial score (nSPS) is 17.9. The van der Waals surface area contributed by atoms with Gasteiger partial charge in [-0.05, 0) is 32.9 Å². The van der Waals surface area contributed by atoms with Crippen LogP contribution in [0.3, 0.4) is 0 Å². The molecule has 1 aliphatic heterocycles. The highest BCUT2D eigenvalue weighted by molar-refractivity contribution is 5.97. The molecule has 1 atom stereocenters. The van der Waals surface area contributed by atoms with Crippen LogP contribution in [-0.4, -0.2) is 35.4 Å². The van der Waals surface area contributed by atoms with Gasteiger partial charge >= 0.3 is 12.1 Å². The summed E-state index contributed by atoms with van der Waals surface area (Å²) in [4.78, 5) is 24.7. The van der Waals surface area contributed by atoms with E-state index in [4.69, 9.17) is 9.47 Å². The van der Waals surface area contributed by atoms with E-state index in [1.54, 1.807) is 45.0 Å². The number of nitrogens with zero attached hydrogens (tertiary/aromatic N) is 1. The first-order chi connectivity index (χ1) is 9.29. The van der Waals surface area contributed by atoms with Crippen molar-refractivity contribution in [2.75, 3.05) is 11.5 Å². The molecule has 6 heteroatoms. The van der Waals surface area contributed by atoms with Gasteiger partial charge in [0.2, 0.25) is 0 Å². The zero-order valence-corrected chi connectivity index (χ0v) is 11.6. The summed E-state index contributed by atoms with van der Waals surface area (Å²) in [5.41, 5.74) is -0.298. The van der Waals surface area contributed by atoms with Crippen molar-refractivity contribution >= 4 is 17.7 Å². The highest BCUT2D eigenvalue weighted by Gasteiger charge is 2.39. The Morgan fingerprint density at radius 3 is 2.60 bits per heavy atom. The van der Waals surface area contributed by atoms with E-state index < -0.39 is 23.7 Å². The first-order valence-electron chi connectivity index (χ1n) is 6.26. The van der Waals surface area contributed by atoms with Crippen molar-refractivity contribution in [1.29, 1.82) is 0 Å². The molecule has 2 rings (SSSR count). The minimum absolute atomic E-state index is 0.106. The average molecular weight is 279 g/mol. The molecule has 0 aliphatic carbocycles. The molecule has 1 aromatic rings. The Kier molecular flexibility index (Phi) is 3.57. The number of hydrogen-bond donors (Lipinski definition) is 1. The fourth-order valence-electron chi connectivity index (χ4n) is 1.91. The number of amides is 1. The van der Waals surface area contributed by atoms with Crippen molar-refractivity contribution in [3.8, 4) is 5.75 Å². The zero-order chi connectivity index (χ0) is 14.9. The number of para-hydroxylation sites is 2. The Labute approximate surface area is 116 Å². The van der Waals surface area contributed by atoms with Crippen LogP contribution in [0.1, 0.15) is 20.8 Å². The lowest BCUT2D eigenvalue weighted by Crippen LogP contribution is -2.52. The van der Waals surface area contributed by atoms with Gasteiger partial charge in [-0.15, -0.1) is 0 Å². The molecule has 6 nitrogen and oxygen atoms in total. The summed E-state index contributed by atoms with van der Waals surface area (Å²) in [5.74, 6) is -0.666. The van der Waals surface area contributed by atoms with Crippen molar-refractivity contribution in [2.45, 2.75) is 32.4 Å². The molecule has 0 spiro atoms. The molecule has 1 heterocycles. The highest BCUT2D eigenvalue weighted by Crippen LogP contribution is 2.34. The number of ether oxygens (including phenoxy) is 2. The quantitative estimate of drug-likeness (QED) is 0.853. The van der Waals surface area contributed by atoms with Gasteiger partial charge in [0.15, 0.2) is 6.04 Å². The van der Waals surface area contributed by atoms with Crippen LogP contribution in [0.25, 0.3) is 0 Å². The summed E-state index contributed by atoms with van der Waals surface area (Å²) in [6.07, 6.45) is -0.694. The van der Waals surface area contributed by atoms with Gasteiger partial charge in [0.25, 0.3) is 0 Å². The Balaban J connectivity index is 2.38. The molecular weight excluding hydrogens is 262 g/mol. The summed E-state index contributed by atoms with van der Waals surface area (Å²) in [6, 6.07) is 5.69. The number of anilines is 1. The fraction of sp³-hybridized carbons (Fsp3) is 0.429. The van der Waals surface area contributed by atoms with Gasteiger partial charge in [-0.2, -0.15) is 0 Å². The number of aliphatic carboxylic acids is 1. The van der Waals surface area contributed by atoms with Crippen molar-refractivity contribution in [1.82, 2.24) is 0 Å². The van der Waals surface area contributed by atoms with Crippen molar-refractivity contribution < 1.29 is 24.2 Å². The number of hydrogen-bond acceptors (Lipinski definition) is 4. The lowest BCUT2D eigenvalue weighted by molar-refractivity contribution is -0.139. The standard InChI is InChI=1S/C14H17NO5/c1-14(2,3)20-13(18)15-9-6-4-5-7-11(9)19-8-10(15)12(16)17/h4-7,10H,8H2,1-3H3,(H,16,17)/t10-/m0/s1. The van der Waals surface area contributed by atoms with Crippen LogP contribution in [-0.2, 0) is 9.53 Å². The number of benzene rings is 1. The van der Waals surface area contributed by atoms with Gasteiger partial charge in [0.1, 0.15) is 18.0 Å². The third-order valence-corrected chi connectivity index (χ3v) is 2.71. The molecule has 1 amide bonds. The van der Waals surface area contributed by atoms with Crippen LogP contribution in [0.5, 0.6) is 5.75 Å². The predicted molar refractivity (Wildman–Crippen MR) is 72.1 cm³/mol. The zero-order valence-electron chi connectivity index (χ0n) is 11.6. The monoisotopic (exact) mass is 279 g/mol. The lowest BCUT2D eigenvalue weighted by atomic mass is 10.1. The number of carbonyl (C=O) groups excluding carboxylic acids is 1. The molecule has 0 aromatic heterocycles. The second-order valence-corrected chi connectivity index (χ2v) is 5.48. The molecule has 0 radical (unpaired) electrons. The largest absolute Gasteiger partial charge is 0.489 e. The fourth-order valence-corrected chi connectivity index (χ4v) is 1.91. The minimum atomic E-state index is -1.13. The van der Waals surface area contributed by atoms with Gasteiger partial charge in [-0.25, -0.2) is 9.59 Å². The topological polar surface area (TPSA) is 76.1 Å². The maximum atomic E-state index is 12.3. The summed E-state index contributed by atoms with van der Waals surface area (Å²) in [7, 11) is 0. The van der Waals surface area contributed by atoms with E-state index in [1.165, 1.54) is 0 Å². The summed E-state index contributed by atoms with van der Waals surface area (Å²) in [6.45, 7) is 5.08. The average Bonchev–Trinajstić information content (AvgIpc) is 2.35. The second-order valence-electron chi connectivity index (χ2n) is 5.48.